The second-order valence-corrected chi connectivity index (χ2v) is 3.96. The first-order valence-electron chi connectivity index (χ1n) is 5.30. The van der Waals surface area contributed by atoms with E-state index in [1.165, 1.54) is 12.8 Å². The minimum Gasteiger partial charge on any atom is -1.00 e. The van der Waals surface area contributed by atoms with Crippen molar-refractivity contribution in [2.45, 2.75) is 59.5 Å². The van der Waals surface area contributed by atoms with E-state index >= 15 is 0 Å². The van der Waals surface area contributed by atoms with E-state index in [0.717, 1.165) is 6.54 Å². The predicted octanol–water partition coefficient (Wildman–Crippen LogP) is -0.566. The number of halogens is 1. The number of rotatable bonds is 6. The van der Waals surface area contributed by atoms with Gasteiger partial charge in [0.15, 0.2) is 0 Å². The molecule has 0 fully saturated rings. The number of hydrogen-bond acceptors (Lipinski definition) is 1. The van der Waals surface area contributed by atoms with Crippen molar-refractivity contribution in [3.63, 3.8) is 0 Å². The molecule has 0 aliphatic heterocycles. The van der Waals surface area contributed by atoms with Crippen molar-refractivity contribution in [2.24, 2.45) is 4.99 Å². The van der Waals surface area contributed by atoms with Crippen LogP contribution < -0.4 is 12.4 Å². The van der Waals surface area contributed by atoms with Crippen molar-refractivity contribution in [1.29, 1.82) is 0 Å². The number of unbranched alkanes of at least 4 members (excludes halogenated alkanes) is 1. The van der Waals surface area contributed by atoms with Crippen LogP contribution in [0.2, 0.25) is 0 Å². The molecule has 0 spiro atoms. The maximum Gasteiger partial charge on any atom is 2.00 e. The molecule has 0 bridgehead atoms. The standard InChI is InChI=1S/C11H23N2.ClH.Mg/c1-6-7-8-13(11(4)5)9-12-10(2)3;;/h10-11H,6-8H2,1-5H3;1H;/q-1;;+2/p-1. The fourth-order valence-corrected chi connectivity index (χ4v) is 0.942. The molecule has 0 atom stereocenters. The fraction of sp³-hybridized carbons (Fsp3) is 0.909. The molecule has 0 saturated carbocycles. The van der Waals surface area contributed by atoms with Crippen molar-refractivity contribution in [3.05, 3.63) is 0 Å². The van der Waals surface area contributed by atoms with Crippen LogP contribution in [0.1, 0.15) is 47.5 Å². The molecular formula is C11H23ClMgN2. The van der Waals surface area contributed by atoms with Crippen LogP contribution in [0.3, 0.4) is 0 Å². The average Bonchev–Trinajstić information content (AvgIpc) is 2.03. The molecule has 0 amide bonds. The molecule has 0 saturated heterocycles. The van der Waals surface area contributed by atoms with Crippen LogP contribution in [0, 0.1) is 0 Å². The third-order valence-corrected chi connectivity index (χ3v) is 1.82. The quantitative estimate of drug-likeness (QED) is 0.201. The van der Waals surface area contributed by atoms with E-state index < -0.39 is 0 Å². The van der Waals surface area contributed by atoms with Gasteiger partial charge >= 0.3 is 23.1 Å². The van der Waals surface area contributed by atoms with Gasteiger partial charge in [0.1, 0.15) is 0 Å². The SMILES string of the molecule is CCCCN([C-]=NC(C)C)C(C)C.[Cl-].[Mg+2]. The Morgan fingerprint density at radius 1 is 1.20 bits per heavy atom. The van der Waals surface area contributed by atoms with Crippen LogP contribution in [0.5, 0.6) is 0 Å². The van der Waals surface area contributed by atoms with Gasteiger partial charge in [-0.3, -0.25) is 6.34 Å². The third kappa shape index (κ3) is 12.5. The van der Waals surface area contributed by atoms with Crippen molar-refractivity contribution < 1.29 is 12.4 Å². The van der Waals surface area contributed by atoms with Crippen molar-refractivity contribution in [2.75, 3.05) is 6.54 Å². The molecule has 0 radical (unpaired) electrons. The summed E-state index contributed by atoms with van der Waals surface area (Å²) >= 11 is 0. The van der Waals surface area contributed by atoms with Gasteiger partial charge < -0.3 is 22.3 Å². The first kappa shape index (κ1) is 20.9. The number of nitrogens with zero attached hydrogens (tertiary/aromatic N) is 2. The summed E-state index contributed by atoms with van der Waals surface area (Å²) in [4.78, 5) is 6.46. The molecule has 0 aromatic heterocycles. The zero-order valence-electron chi connectivity index (χ0n) is 10.8. The van der Waals surface area contributed by atoms with Gasteiger partial charge in [-0.05, 0) is 46.7 Å². The minimum atomic E-state index is 0. The van der Waals surface area contributed by atoms with Gasteiger partial charge in [0.25, 0.3) is 0 Å². The van der Waals surface area contributed by atoms with E-state index in [2.05, 4.69) is 50.8 Å². The van der Waals surface area contributed by atoms with E-state index in [-0.39, 0.29) is 35.5 Å². The molecule has 0 unspecified atom stereocenters. The summed E-state index contributed by atoms with van der Waals surface area (Å²) in [6.07, 6.45) is 5.56. The second kappa shape index (κ2) is 12.6. The summed E-state index contributed by atoms with van der Waals surface area (Å²) in [5.41, 5.74) is 0. The summed E-state index contributed by atoms with van der Waals surface area (Å²) in [6, 6.07) is 0.858. The molecule has 0 aliphatic rings. The Bertz CT molecular complexity index is 150. The van der Waals surface area contributed by atoms with Gasteiger partial charge in [-0.1, -0.05) is 13.3 Å². The van der Waals surface area contributed by atoms with Gasteiger partial charge in [-0.15, -0.1) is 0 Å². The molecule has 86 valence electrons. The molecular weight excluding hydrogens is 220 g/mol. The van der Waals surface area contributed by atoms with Crippen molar-refractivity contribution >= 4 is 29.4 Å². The van der Waals surface area contributed by atoms with E-state index in [4.69, 9.17) is 0 Å². The molecule has 2 nitrogen and oxygen atoms in total. The Kier molecular flexibility index (Phi) is 17.5. The predicted molar refractivity (Wildman–Crippen MR) is 65.1 cm³/mol. The van der Waals surface area contributed by atoms with Gasteiger partial charge in [0, 0.05) is 6.04 Å². The first-order chi connectivity index (χ1) is 6.07. The summed E-state index contributed by atoms with van der Waals surface area (Å²) in [6.45, 7) is 11.8. The Morgan fingerprint density at radius 3 is 2.07 bits per heavy atom. The van der Waals surface area contributed by atoms with Crippen LogP contribution in [-0.2, 0) is 0 Å². The maximum atomic E-state index is 4.27. The average molecular weight is 243 g/mol. The zero-order valence-corrected chi connectivity index (χ0v) is 12.9. The fourth-order valence-electron chi connectivity index (χ4n) is 0.942. The van der Waals surface area contributed by atoms with Crippen LogP contribution in [-0.4, -0.2) is 52.9 Å². The molecule has 0 aromatic rings. The molecule has 0 aromatic carbocycles. The van der Waals surface area contributed by atoms with Crippen LogP contribution in [0.15, 0.2) is 4.99 Å². The Labute approximate surface area is 117 Å². The second-order valence-electron chi connectivity index (χ2n) is 3.96. The molecule has 0 heterocycles. The monoisotopic (exact) mass is 242 g/mol. The minimum absolute atomic E-state index is 0. The van der Waals surface area contributed by atoms with Crippen molar-refractivity contribution in [1.82, 2.24) is 4.90 Å². The summed E-state index contributed by atoms with van der Waals surface area (Å²) < 4.78 is 0. The molecule has 4 heteroatoms. The van der Waals surface area contributed by atoms with Gasteiger partial charge in [0.2, 0.25) is 0 Å². The van der Waals surface area contributed by atoms with E-state index in [0.29, 0.717) is 12.1 Å². The molecule has 0 aliphatic carbocycles. The smallest absolute Gasteiger partial charge is 1.00 e. The van der Waals surface area contributed by atoms with Gasteiger partial charge in [0.05, 0.1) is 0 Å². The van der Waals surface area contributed by atoms with Crippen molar-refractivity contribution in [3.8, 4) is 0 Å². The molecule has 15 heavy (non-hydrogen) atoms. The van der Waals surface area contributed by atoms with Gasteiger partial charge in [-0.2, -0.15) is 0 Å². The topological polar surface area (TPSA) is 15.6 Å². The third-order valence-electron chi connectivity index (χ3n) is 1.82. The molecule has 0 rings (SSSR count). The Hall–Kier alpha value is 0.526. The number of aliphatic imine (C=N–C) groups is 1. The summed E-state index contributed by atoms with van der Waals surface area (Å²) in [5.74, 6) is 0. The summed E-state index contributed by atoms with van der Waals surface area (Å²) in [7, 11) is 0. The molecule has 0 N–H and O–H groups in total. The van der Waals surface area contributed by atoms with E-state index in [1.54, 1.807) is 0 Å². The van der Waals surface area contributed by atoms with E-state index in [1.807, 2.05) is 0 Å². The number of hydrogen-bond donors (Lipinski definition) is 0. The van der Waals surface area contributed by atoms with Crippen LogP contribution >= 0.6 is 0 Å². The largest absolute Gasteiger partial charge is 2.00 e. The Balaban J connectivity index is -0.000000720. The van der Waals surface area contributed by atoms with Crippen LogP contribution in [0.4, 0.5) is 0 Å². The van der Waals surface area contributed by atoms with Crippen LogP contribution in [0.25, 0.3) is 0 Å². The normalized spacial score (nSPS) is 10.3. The maximum absolute atomic E-state index is 4.27. The Morgan fingerprint density at radius 2 is 1.73 bits per heavy atom. The zero-order chi connectivity index (χ0) is 10.3. The summed E-state index contributed by atoms with van der Waals surface area (Å²) in [5, 5.41) is 0. The van der Waals surface area contributed by atoms with E-state index in [9.17, 15) is 0 Å². The van der Waals surface area contributed by atoms with Gasteiger partial charge in [-0.25, -0.2) is 0 Å². The first-order valence-corrected chi connectivity index (χ1v) is 5.30.